The molecule has 0 aliphatic carbocycles. The van der Waals surface area contributed by atoms with Crippen molar-refractivity contribution < 1.29 is 18.0 Å². The van der Waals surface area contributed by atoms with E-state index in [0.29, 0.717) is 19.6 Å². The van der Waals surface area contributed by atoms with Crippen molar-refractivity contribution in [2.45, 2.75) is 26.1 Å². The lowest BCUT2D eigenvalue weighted by Crippen LogP contribution is -2.54. The van der Waals surface area contributed by atoms with E-state index < -0.39 is 17.8 Å². The highest BCUT2D eigenvalue weighted by Crippen LogP contribution is 2.28. The number of alkyl halides is 3. The van der Waals surface area contributed by atoms with E-state index in [4.69, 9.17) is 0 Å². The number of nitrogens with zero attached hydrogens (tertiary/aromatic N) is 3. The molecule has 1 atom stereocenters. The van der Waals surface area contributed by atoms with Crippen molar-refractivity contribution in [2.75, 3.05) is 24.5 Å². The number of carbonyl (C=O) groups excluding carboxylic acids is 1. The molecule has 0 bridgehead atoms. The van der Waals surface area contributed by atoms with Crippen LogP contribution in [0.25, 0.3) is 0 Å². The fourth-order valence-electron chi connectivity index (χ4n) is 3.12. The number of benzene rings is 1. The second-order valence-electron chi connectivity index (χ2n) is 6.24. The number of halogens is 3. The van der Waals surface area contributed by atoms with Gasteiger partial charge in [0.2, 0.25) is 0 Å². The van der Waals surface area contributed by atoms with Crippen LogP contribution in [0.15, 0.2) is 30.3 Å². The molecule has 25 heavy (non-hydrogen) atoms. The molecule has 2 aromatic rings. The Labute approximate surface area is 143 Å². The van der Waals surface area contributed by atoms with Crippen molar-refractivity contribution in [3.05, 3.63) is 47.3 Å². The number of hydrogen-bond donors (Lipinski definition) is 1. The highest BCUT2D eigenvalue weighted by molar-refractivity contribution is 5.92. The normalized spacial score (nSPS) is 18.5. The van der Waals surface area contributed by atoms with E-state index in [-0.39, 0.29) is 11.7 Å². The zero-order valence-electron chi connectivity index (χ0n) is 14.0. The van der Waals surface area contributed by atoms with Gasteiger partial charge in [0, 0.05) is 37.4 Å². The number of amides is 1. The number of piperazine rings is 1. The van der Waals surface area contributed by atoms with E-state index in [2.05, 4.69) is 10.00 Å². The summed E-state index contributed by atoms with van der Waals surface area (Å²) in [6.45, 7) is 5.59. The quantitative estimate of drug-likeness (QED) is 0.904. The lowest BCUT2D eigenvalue weighted by atomic mass is 10.1. The fourth-order valence-corrected chi connectivity index (χ4v) is 3.12. The van der Waals surface area contributed by atoms with E-state index in [9.17, 15) is 18.0 Å². The molecule has 0 saturated carbocycles. The summed E-state index contributed by atoms with van der Waals surface area (Å²) >= 11 is 0. The van der Waals surface area contributed by atoms with Crippen LogP contribution in [0.3, 0.4) is 0 Å². The van der Waals surface area contributed by atoms with Crippen molar-refractivity contribution in [3.63, 3.8) is 0 Å². The zero-order chi connectivity index (χ0) is 18.2. The first-order valence-corrected chi connectivity index (χ1v) is 8.01. The Balaban J connectivity index is 1.72. The first-order chi connectivity index (χ1) is 11.8. The van der Waals surface area contributed by atoms with Gasteiger partial charge in [-0.1, -0.05) is 18.2 Å². The molecule has 8 heteroatoms. The molecule has 3 rings (SSSR count). The third-order valence-corrected chi connectivity index (χ3v) is 4.45. The summed E-state index contributed by atoms with van der Waals surface area (Å²) in [6.07, 6.45) is -4.54. The number of anilines is 1. The maximum absolute atomic E-state index is 12.7. The number of aromatic amines is 1. The Bertz CT molecular complexity index is 771. The smallest absolute Gasteiger partial charge is 0.367 e. The van der Waals surface area contributed by atoms with Gasteiger partial charge in [0.05, 0.1) is 0 Å². The molecule has 1 amide bonds. The summed E-state index contributed by atoms with van der Waals surface area (Å²) in [6, 6.07) is 8.63. The molecule has 1 aliphatic heterocycles. The van der Waals surface area contributed by atoms with Crippen LogP contribution < -0.4 is 4.90 Å². The summed E-state index contributed by atoms with van der Waals surface area (Å²) in [4.78, 5) is 16.3. The predicted octanol–water partition coefficient (Wildman–Crippen LogP) is 3.09. The zero-order valence-corrected chi connectivity index (χ0v) is 14.0. The largest absolute Gasteiger partial charge is 0.432 e. The van der Waals surface area contributed by atoms with Crippen LogP contribution in [0.2, 0.25) is 0 Å². The standard InChI is InChI=1S/C17H19F3N4O/c1-11-5-3-4-6-14(11)23-7-8-24(12(2)10-23)16(25)13-9-15(22-21-13)17(18,19)20/h3-6,9,12H,7-8,10H2,1-2H3,(H,21,22)/t12-/m0/s1. The Morgan fingerprint density at radius 3 is 2.60 bits per heavy atom. The maximum atomic E-state index is 12.7. The number of H-pyrrole nitrogens is 1. The molecule has 0 spiro atoms. The van der Waals surface area contributed by atoms with Gasteiger partial charge in [-0.15, -0.1) is 0 Å². The molecular weight excluding hydrogens is 333 g/mol. The Morgan fingerprint density at radius 2 is 2.00 bits per heavy atom. The average Bonchev–Trinajstić information content (AvgIpc) is 3.05. The highest BCUT2D eigenvalue weighted by Gasteiger charge is 2.35. The van der Waals surface area contributed by atoms with Gasteiger partial charge < -0.3 is 9.80 Å². The summed E-state index contributed by atoms with van der Waals surface area (Å²) in [5.74, 6) is -0.483. The van der Waals surface area contributed by atoms with E-state index >= 15 is 0 Å². The lowest BCUT2D eigenvalue weighted by Gasteiger charge is -2.41. The molecular formula is C17H19F3N4O. The summed E-state index contributed by atoms with van der Waals surface area (Å²) in [5.41, 5.74) is 1.04. The van der Waals surface area contributed by atoms with Gasteiger partial charge in [-0.05, 0) is 25.5 Å². The van der Waals surface area contributed by atoms with E-state index in [0.717, 1.165) is 17.3 Å². The van der Waals surface area contributed by atoms with E-state index in [1.54, 1.807) is 4.90 Å². The summed E-state index contributed by atoms with van der Waals surface area (Å²) < 4.78 is 38.0. The van der Waals surface area contributed by atoms with Crippen molar-refractivity contribution >= 4 is 11.6 Å². The highest BCUT2D eigenvalue weighted by atomic mass is 19.4. The second-order valence-corrected chi connectivity index (χ2v) is 6.24. The van der Waals surface area contributed by atoms with Gasteiger partial charge >= 0.3 is 6.18 Å². The number of carbonyl (C=O) groups is 1. The maximum Gasteiger partial charge on any atom is 0.432 e. The van der Waals surface area contributed by atoms with Crippen molar-refractivity contribution in [2.24, 2.45) is 0 Å². The molecule has 1 fully saturated rings. The van der Waals surface area contributed by atoms with Crippen LogP contribution in [0, 0.1) is 6.92 Å². The van der Waals surface area contributed by atoms with Gasteiger partial charge in [0.25, 0.3) is 5.91 Å². The second kappa shape index (κ2) is 6.42. The molecule has 1 aromatic heterocycles. The van der Waals surface area contributed by atoms with Crippen LogP contribution in [-0.2, 0) is 6.18 Å². The van der Waals surface area contributed by atoms with E-state index in [1.807, 2.05) is 43.2 Å². The van der Waals surface area contributed by atoms with Crippen LogP contribution in [0.5, 0.6) is 0 Å². The van der Waals surface area contributed by atoms with Crippen LogP contribution in [0.1, 0.15) is 28.7 Å². The third-order valence-electron chi connectivity index (χ3n) is 4.45. The lowest BCUT2D eigenvalue weighted by molar-refractivity contribution is -0.141. The molecule has 1 aliphatic rings. The van der Waals surface area contributed by atoms with Crippen molar-refractivity contribution in [1.82, 2.24) is 15.1 Å². The third kappa shape index (κ3) is 3.47. The first-order valence-electron chi connectivity index (χ1n) is 8.01. The molecule has 134 valence electrons. The van der Waals surface area contributed by atoms with Gasteiger partial charge in [-0.2, -0.15) is 18.3 Å². The minimum Gasteiger partial charge on any atom is -0.367 e. The van der Waals surface area contributed by atoms with Crippen LogP contribution >= 0.6 is 0 Å². The SMILES string of the molecule is Cc1ccccc1N1CCN(C(=O)c2cc(C(F)(F)F)[nH]n2)[C@@H](C)C1. The van der Waals surface area contributed by atoms with Crippen molar-refractivity contribution in [3.8, 4) is 0 Å². The molecule has 1 aromatic carbocycles. The number of aryl methyl sites for hydroxylation is 1. The summed E-state index contributed by atoms with van der Waals surface area (Å²) in [5, 5.41) is 5.42. The Hall–Kier alpha value is -2.51. The number of hydrogen-bond acceptors (Lipinski definition) is 3. The number of para-hydroxylation sites is 1. The van der Waals surface area contributed by atoms with Crippen LogP contribution in [0.4, 0.5) is 18.9 Å². The Morgan fingerprint density at radius 1 is 1.28 bits per heavy atom. The first kappa shape index (κ1) is 17.3. The van der Waals surface area contributed by atoms with E-state index in [1.165, 1.54) is 0 Å². The van der Waals surface area contributed by atoms with Gasteiger partial charge in [-0.3, -0.25) is 9.89 Å². The van der Waals surface area contributed by atoms with Gasteiger partial charge in [0.1, 0.15) is 5.69 Å². The number of aromatic nitrogens is 2. The topological polar surface area (TPSA) is 52.2 Å². The van der Waals surface area contributed by atoms with Crippen molar-refractivity contribution in [1.29, 1.82) is 0 Å². The predicted molar refractivity (Wildman–Crippen MR) is 87.5 cm³/mol. The number of rotatable bonds is 2. The molecule has 1 N–H and O–H groups in total. The Kier molecular flexibility index (Phi) is 4.45. The van der Waals surface area contributed by atoms with Gasteiger partial charge in [-0.25, -0.2) is 0 Å². The molecule has 0 unspecified atom stereocenters. The molecule has 2 heterocycles. The van der Waals surface area contributed by atoms with Crippen LogP contribution in [-0.4, -0.2) is 46.7 Å². The molecule has 5 nitrogen and oxygen atoms in total. The molecule has 1 saturated heterocycles. The monoisotopic (exact) mass is 352 g/mol. The molecule has 0 radical (unpaired) electrons. The fraction of sp³-hybridized carbons (Fsp3) is 0.412. The average molecular weight is 352 g/mol. The minimum atomic E-state index is -4.54. The summed E-state index contributed by atoms with van der Waals surface area (Å²) in [7, 11) is 0. The number of nitrogens with one attached hydrogen (secondary N) is 1. The minimum absolute atomic E-state index is 0.133. The van der Waals surface area contributed by atoms with Gasteiger partial charge in [0.15, 0.2) is 5.69 Å².